The van der Waals surface area contributed by atoms with Crippen LogP contribution in [0.15, 0.2) is 47.4 Å². The molecule has 0 radical (unpaired) electrons. The van der Waals surface area contributed by atoms with Gasteiger partial charge in [0, 0.05) is 23.6 Å². The first kappa shape index (κ1) is 20.6. The summed E-state index contributed by atoms with van der Waals surface area (Å²) in [4.78, 5) is 0.359. The summed E-state index contributed by atoms with van der Waals surface area (Å²) in [5.74, 6) is 1.45. The quantitative estimate of drug-likeness (QED) is 0.665. The molecule has 1 spiro atoms. The Bertz CT molecular complexity index is 1150. The van der Waals surface area contributed by atoms with Gasteiger partial charge in [0.25, 0.3) is 0 Å². The van der Waals surface area contributed by atoms with Gasteiger partial charge in [-0.25, -0.2) is 8.42 Å². The SMILES string of the molecule is COc1cc(OC)c2c(c1)C1=CCCC[C@@]13CCCN(S(=O)(=O)c1ccc(C)cc1)[C@@H]23. The van der Waals surface area contributed by atoms with E-state index in [2.05, 4.69) is 12.1 Å². The summed E-state index contributed by atoms with van der Waals surface area (Å²) in [7, 11) is -0.345. The van der Waals surface area contributed by atoms with Crippen LogP contribution < -0.4 is 9.47 Å². The molecule has 31 heavy (non-hydrogen) atoms. The van der Waals surface area contributed by atoms with Crippen LogP contribution in [-0.4, -0.2) is 33.5 Å². The molecule has 5 rings (SSSR count). The van der Waals surface area contributed by atoms with Gasteiger partial charge < -0.3 is 9.47 Å². The lowest BCUT2D eigenvalue weighted by Gasteiger charge is -2.48. The van der Waals surface area contributed by atoms with Crippen LogP contribution in [0.1, 0.15) is 54.8 Å². The van der Waals surface area contributed by atoms with E-state index < -0.39 is 10.0 Å². The monoisotopic (exact) mass is 439 g/mol. The number of fused-ring (bicyclic) bond motifs is 3. The number of methoxy groups -OCH3 is 2. The van der Waals surface area contributed by atoms with E-state index in [0.29, 0.717) is 17.2 Å². The van der Waals surface area contributed by atoms with E-state index in [9.17, 15) is 8.42 Å². The van der Waals surface area contributed by atoms with Crippen molar-refractivity contribution in [1.29, 1.82) is 0 Å². The van der Waals surface area contributed by atoms with Crippen molar-refractivity contribution in [3.8, 4) is 11.5 Å². The summed E-state index contributed by atoms with van der Waals surface area (Å²) in [6.07, 6.45) is 7.25. The highest BCUT2D eigenvalue weighted by Crippen LogP contribution is 2.67. The van der Waals surface area contributed by atoms with Crippen molar-refractivity contribution in [3.05, 3.63) is 59.2 Å². The van der Waals surface area contributed by atoms with Gasteiger partial charge in [0.2, 0.25) is 10.0 Å². The van der Waals surface area contributed by atoms with Crippen LogP contribution in [-0.2, 0) is 10.0 Å². The van der Waals surface area contributed by atoms with E-state index in [1.165, 1.54) is 5.57 Å². The lowest BCUT2D eigenvalue weighted by Crippen LogP contribution is -2.47. The van der Waals surface area contributed by atoms with Gasteiger partial charge in [0.05, 0.1) is 25.2 Å². The number of hydrogen-bond donors (Lipinski definition) is 0. The van der Waals surface area contributed by atoms with Gasteiger partial charge in [-0.05, 0) is 68.4 Å². The minimum atomic E-state index is -3.65. The molecule has 0 amide bonds. The Morgan fingerprint density at radius 3 is 2.48 bits per heavy atom. The zero-order valence-electron chi connectivity index (χ0n) is 18.3. The number of aryl methyl sites for hydroxylation is 1. The average Bonchev–Trinajstić information content (AvgIpc) is 3.09. The fourth-order valence-corrected chi connectivity index (χ4v) is 7.64. The van der Waals surface area contributed by atoms with Crippen LogP contribution in [0.2, 0.25) is 0 Å². The highest BCUT2D eigenvalue weighted by Gasteiger charge is 2.58. The number of allylic oxidation sites excluding steroid dienone is 1. The number of benzene rings is 2. The molecule has 1 fully saturated rings. The molecule has 0 N–H and O–H groups in total. The van der Waals surface area contributed by atoms with Crippen LogP contribution in [0.25, 0.3) is 5.57 Å². The van der Waals surface area contributed by atoms with Crippen molar-refractivity contribution in [2.45, 2.75) is 50.0 Å². The van der Waals surface area contributed by atoms with Gasteiger partial charge in [-0.2, -0.15) is 4.31 Å². The number of rotatable bonds is 4. The van der Waals surface area contributed by atoms with Crippen molar-refractivity contribution in [2.75, 3.05) is 20.8 Å². The molecule has 1 aliphatic heterocycles. The van der Waals surface area contributed by atoms with E-state index in [1.54, 1.807) is 30.7 Å². The number of piperidine rings is 1. The van der Waals surface area contributed by atoms with Crippen molar-refractivity contribution < 1.29 is 17.9 Å². The first-order chi connectivity index (χ1) is 14.9. The summed E-state index contributed by atoms with van der Waals surface area (Å²) in [5, 5.41) is 0. The normalized spacial score (nSPS) is 25.3. The Labute approximate surface area is 184 Å². The van der Waals surface area contributed by atoms with Crippen molar-refractivity contribution >= 4 is 15.6 Å². The zero-order valence-corrected chi connectivity index (χ0v) is 19.2. The second-order valence-electron chi connectivity index (χ2n) is 8.89. The number of hydrogen-bond acceptors (Lipinski definition) is 4. The zero-order chi connectivity index (χ0) is 21.8. The molecule has 2 atom stereocenters. The molecular formula is C25H29NO4S. The van der Waals surface area contributed by atoms with Crippen LogP contribution in [0.4, 0.5) is 0 Å². The summed E-state index contributed by atoms with van der Waals surface area (Å²) in [6.45, 7) is 2.49. The van der Waals surface area contributed by atoms with Crippen LogP contribution in [0.5, 0.6) is 11.5 Å². The largest absolute Gasteiger partial charge is 0.497 e. The highest BCUT2D eigenvalue weighted by atomic mass is 32.2. The summed E-state index contributed by atoms with van der Waals surface area (Å²) in [5.41, 5.74) is 4.21. The third-order valence-electron chi connectivity index (χ3n) is 7.29. The van der Waals surface area contributed by atoms with E-state index in [4.69, 9.17) is 9.47 Å². The molecule has 2 aromatic rings. The number of nitrogens with zero attached hydrogens (tertiary/aromatic N) is 1. The summed E-state index contributed by atoms with van der Waals surface area (Å²) < 4.78 is 40.9. The number of sulfonamides is 1. The van der Waals surface area contributed by atoms with E-state index in [0.717, 1.165) is 54.5 Å². The Morgan fingerprint density at radius 1 is 1.03 bits per heavy atom. The molecule has 0 aromatic heterocycles. The Kier molecular flexibility index (Phi) is 4.90. The molecule has 0 bridgehead atoms. The maximum atomic E-state index is 13.9. The molecule has 6 heteroatoms. The number of ether oxygens (including phenoxy) is 2. The molecule has 1 heterocycles. The third kappa shape index (κ3) is 2.95. The van der Waals surface area contributed by atoms with E-state index >= 15 is 0 Å². The molecule has 5 nitrogen and oxygen atoms in total. The standard InChI is InChI=1S/C25H29NO4S/c1-17-8-10-19(11-9-17)31(27,28)26-14-6-13-25-12-5-4-7-21(25)20-15-18(29-2)16-22(30-3)23(20)24(25)26/h7-11,15-16,24H,4-6,12-14H2,1-3H3/t24-,25+/m0/s1. The smallest absolute Gasteiger partial charge is 0.243 e. The Hall–Kier alpha value is -2.31. The second kappa shape index (κ2) is 7.38. The maximum Gasteiger partial charge on any atom is 0.243 e. The topological polar surface area (TPSA) is 55.8 Å². The van der Waals surface area contributed by atoms with E-state index in [1.807, 2.05) is 25.1 Å². The van der Waals surface area contributed by atoms with Crippen LogP contribution in [0, 0.1) is 12.3 Å². The van der Waals surface area contributed by atoms with Gasteiger partial charge >= 0.3 is 0 Å². The first-order valence-corrected chi connectivity index (χ1v) is 12.4. The minimum Gasteiger partial charge on any atom is -0.497 e. The molecule has 164 valence electrons. The Balaban J connectivity index is 1.74. The summed E-state index contributed by atoms with van der Waals surface area (Å²) >= 11 is 0. The van der Waals surface area contributed by atoms with E-state index in [-0.39, 0.29) is 11.5 Å². The fourth-order valence-electron chi connectivity index (χ4n) is 5.93. The molecule has 2 aliphatic carbocycles. The van der Waals surface area contributed by atoms with Gasteiger partial charge in [-0.3, -0.25) is 0 Å². The predicted molar refractivity (Wildman–Crippen MR) is 121 cm³/mol. The molecule has 3 aliphatic rings. The third-order valence-corrected chi connectivity index (χ3v) is 9.17. The molecule has 2 aromatic carbocycles. The Morgan fingerprint density at radius 2 is 1.77 bits per heavy atom. The highest BCUT2D eigenvalue weighted by molar-refractivity contribution is 7.89. The van der Waals surface area contributed by atoms with Crippen molar-refractivity contribution in [3.63, 3.8) is 0 Å². The lowest BCUT2D eigenvalue weighted by molar-refractivity contribution is 0.113. The lowest BCUT2D eigenvalue weighted by atomic mass is 9.66. The van der Waals surface area contributed by atoms with Crippen molar-refractivity contribution in [1.82, 2.24) is 4.31 Å². The molecular weight excluding hydrogens is 410 g/mol. The second-order valence-corrected chi connectivity index (χ2v) is 10.8. The van der Waals surface area contributed by atoms with Crippen molar-refractivity contribution in [2.24, 2.45) is 5.41 Å². The average molecular weight is 440 g/mol. The van der Waals surface area contributed by atoms with Crippen LogP contribution >= 0.6 is 0 Å². The predicted octanol–water partition coefficient (Wildman–Crippen LogP) is 5.11. The van der Waals surface area contributed by atoms with Gasteiger partial charge in [-0.15, -0.1) is 0 Å². The fraction of sp³-hybridized carbons (Fsp3) is 0.440. The van der Waals surface area contributed by atoms with Gasteiger partial charge in [-0.1, -0.05) is 23.8 Å². The first-order valence-electron chi connectivity index (χ1n) is 11.0. The maximum absolute atomic E-state index is 13.9. The summed E-state index contributed by atoms with van der Waals surface area (Å²) in [6, 6.07) is 10.9. The molecule has 1 saturated heterocycles. The molecule has 0 saturated carbocycles. The van der Waals surface area contributed by atoms with Crippen LogP contribution in [0.3, 0.4) is 0 Å². The minimum absolute atomic E-state index is 0.198. The van der Waals surface area contributed by atoms with Gasteiger partial charge in [0.1, 0.15) is 11.5 Å². The van der Waals surface area contributed by atoms with Gasteiger partial charge in [0.15, 0.2) is 0 Å². The molecule has 0 unspecified atom stereocenters.